The number of hydrogen-bond donors (Lipinski definition) is 4. The first-order valence-electron chi connectivity index (χ1n) is 14.6. The number of rotatable bonds is 15. The van der Waals surface area contributed by atoms with Crippen molar-refractivity contribution in [3.05, 3.63) is 66.2 Å². The van der Waals surface area contributed by atoms with Crippen LogP contribution in [0.1, 0.15) is 12.0 Å². The summed E-state index contributed by atoms with van der Waals surface area (Å²) in [5, 5.41) is 6.12. The Morgan fingerprint density at radius 2 is 1.81 bits per heavy atom. The van der Waals surface area contributed by atoms with Crippen LogP contribution in [0.25, 0.3) is 11.1 Å². The summed E-state index contributed by atoms with van der Waals surface area (Å²) in [5.74, 6) is 1.74. The largest absolute Gasteiger partial charge is 0.492 e. The molecule has 1 atom stereocenters. The topological polar surface area (TPSA) is 157 Å². The maximum Gasteiger partial charge on any atom is 0.415 e. The highest BCUT2D eigenvalue weighted by atomic mass is 16.6. The highest BCUT2D eigenvalue weighted by Crippen LogP contribution is 2.30. The maximum atomic E-state index is 12.5. The van der Waals surface area contributed by atoms with E-state index in [9.17, 15) is 9.59 Å². The van der Waals surface area contributed by atoms with E-state index in [-0.39, 0.29) is 18.6 Å². The van der Waals surface area contributed by atoms with Gasteiger partial charge in [0.05, 0.1) is 6.54 Å². The lowest BCUT2D eigenvalue weighted by molar-refractivity contribution is -0.118. The molecule has 0 spiro atoms. The molecule has 0 radical (unpaired) electrons. The van der Waals surface area contributed by atoms with Gasteiger partial charge in [-0.2, -0.15) is 0 Å². The standard InChI is InChI=1S/C31H39N7O5/c32-10-13-37(14-11-33)15-16-41-25-6-2-5-24(18-25)23-4-1-3-22(17-23)19-34-12-9-26-20-38(31(40)43-26)28-8-7-27-30(35-28)36-29(39)21-42-27/h1-8,17-18,26,34H,9-16,19-21,32-33H2,(H,35,36,39). The first-order chi connectivity index (χ1) is 21.0. The van der Waals surface area contributed by atoms with Crippen molar-refractivity contribution in [2.75, 3.05) is 69.2 Å². The van der Waals surface area contributed by atoms with E-state index >= 15 is 0 Å². The normalized spacial score (nSPS) is 16.1. The van der Waals surface area contributed by atoms with Crippen molar-refractivity contribution in [3.8, 4) is 22.6 Å². The third-order valence-electron chi connectivity index (χ3n) is 7.24. The molecular weight excluding hydrogens is 550 g/mol. The number of anilines is 2. The zero-order chi connectivity index (χ0) is 30.0. The summed E-state index contributed by atoms with van der Waals surface area (Å²) in [6, 6.07) is 19.9. The van der Waals surface area contributed by atoms with Crippen LogP contribution in [-0.2, 0) is 16.1 Å². The van der Waals surface area contributed by atoms with Crippen molar-refractivity contribution in [2.45, 2.75) is 19.1 Å². The zero-order valence-corrected chi connectivity index (χ0v) is 24.2. The van der Waals surface area contributed by atoms with Gasteiger partial charge in [-0.1, -0.05) is 30.3 Å². The number of carbonyl (C=O) groups is 2. The summed E-state index contributed by atoms with van der Waals surface area (Å²) >= 11 is 0. The predicted octanol–water partition coefficient (Wildman–Crippen LogP) is 2.18. The summed E-state index contributed by atoms with van der Waals surface area (Å²) in [7, 11) is 0. The van der Waals surface area contributed by atoms with E-state index in [1.165, 1.54) is 4.90 Å². The molecule has 1 aromatic heterocycles. The quantitative estimate of drug-likeness (QED) is 0.194. The van der Waals surface area contributed by atoms with Gasteiger partial charge in [-0.15, -0.1) is 0 Å². The van der Waals surface area contributed by atoms with Gasteiger partial charge in [0, 0.05) is 39.3 Å². The number of hydrogen-bond acceptors (Lipinski definition) is 10. The van der Waals surface area contributed by atoms with E-state index in [1.807, 2.05) is 18.2 Å². The van der Waals surface area contributed by atoms with Crippen LogP contribution in [0.15, 0.2) is 60.7 Å². The van der Waals surface area contributed by atoms with Crippen LogP contribution in [0.4, 0.5) is 16.4 Å². The average Bonchev–Trinajstić information content (AvgIpc) is 3.39. The van der Waals surface area contributed by atoms with Crippen LogP contribution in [0, 0.1) is 0 Å². The average molecular weight is 590 g/mol. The Kier molecular flexibility index (Phi) is 10.4. The zero-order valence-electron chi connectivity index (χ0n) is 24.2. The second-order valence-corrected chi connectivity index (χ2v) is 10.4. The number of nitrogens with two attached hydrogens (primary N) is 2. The lowest BCUT2D eigenvalue weighted by Gasteiger charge is -2.20. The summed E-state index contributed by atoms with van der Waals surface area (Å²) in [6.45, 7) is 5.83. The van der Waals surface area contributed by atoms with Gasteiger partial charge in [0.25, 0.3) is 5.91 Å². The first kappa shape index (κ1) is 30.2. The van der Waals surface area contributed by atoms with E-state index in [1.54, 1.807) is 12.1 Å². The number of amides is 2. The molecule has 2 aromatic carbocycles. The van der Waals surface area contributed by atoms with Crippen molar-refractivity contribution in [3.63, 3.8) is 0 Å². The molecule has 12 heteroatoms. The summed E-state index contributed by atoms with van der Waals surface area (Å²) in [6.07, 6.45) is -0.0709. The van der Waals surface area contributed by atoms with Gasteiger partial charge in [0.15, 0.2) is 18.2 Å². The molecule has 3 heterocycles. The van der Waals surface area contributed by atoms with E-state index in [0.717, 1.165) is 42.1 Å². The molecule has 2 aliphatic rings. The highest BCUT2D eigenvalue weighted by molar-refractivity contribution is 5.95. The van der Waals surface area contributed by atoms with Crippen LogP contribution in [0.2, 0.25) is 0 Å². The lowest BCUT2D eigenvalue weighted by atomic mass is 10.0. The Hall–Kier alpha value is -4.23. The summed E-state index contributed by atoms with van der Waals surface area (Å²) in [5.41, 5.74) is 14.7. The van der Waals surface area contributed by atoms with E-state index in [2.05, 4.69) is 50.8 Å². The smallest absolute Gasteiger partial charge is 0.415 e. The third kappa shape index (κ3) is 8.20. The molecule has 2 aliphatic heterocycles. The Labute approximate surface area is 251 Å². The second-order valence-electron chi connectivity index (χ2n) is 10.4. The number of aromatic nitrogens is 1. The molecule has 0 aliphatic carbocycles. The number of cyclic esters (lactones) is 1. The Bertz CT molecular complexity index is 1400. The molecule has 0 saturated carbocycles. The number of benzene rings is 2. The fourth-order valence-corrected chi connectivity index (χ4v) is 5.08. The number of nitrogens with zero attached hydrogens (tertiary/aromatic N) is 3. The third-order valence-corrected chi connectivity index (χ3v) is 7.24. The van der Waals surface area contributed by atoms with Gasteiger partial charge in [-0.05, 0) is 60.0 Å². The Morgan fingerprint density at radius 1 is 1.02 bits per heavy atom. The predicted molar refractivity (Wildman–Crippen MR) is 164 cm³/mol. The van der Waals surface area contributed by atoms with E-state index < -0.39 is 6.09 Å². The van der Waals surface area contributed by atoms with Crippen molar-refractivity contribution < 1.29 is 23.8 Å². The van der Waals surface area contributed by atoms with Gasteiger partial charge in [-0.25, -0.2) is 9.78 Å². The number of pyridine rings is 1. The van der Waals surface area contributed by atoms with E-state index in [0.29, 0.717) is 63.1 Å². The Balaban J connectivity index is 1.08. The molecular formula is C31H39N7O5. The minimum atomic E-state index is -0.456. The SMILES string of the molecule is NCCN(CCN)CCOc1cccc(-c2cccc(CNCCC3CN(c4ccc5c(n4)NC(=O)CO5)C(=O)O3)c2)c1. The van der Waals surface area contributed by atoms with Crippen LogP contribution in [-0.4, -0.2) is 87.0 Å². The number of ether oxygens (including phenoxy) is 3. The highest BCUT2D eigenvalue weighted by Gasteiger charge is 2.33. The molecule has 12 nitrogen and oxygen atoms in total. The molecule has 3 aromatic rings. The first-order valence-corrected chi connectivity index (χ1v) is 14.6. The van der Waals surface area contributed by atoms with Crippen LogP contribution in [0.5, 0.6) is 11.5 Å². The minimum Gasteiger partial charge on any atom is -0.492 e. The van der Waals surface area contributed by atoms with E-state index in [4.69, 9.17) is 25.7 Å². The second kappa shape index (κ2) is 14.8. The molecule has 1 unspecified atom stereocenters. The van der Waals surface area contributed by atoms with Crippen molar-refractivity contribution in [2.24, 2.45) is 11.5 Å². The molecule has 228 valence electrons. The Morgan fingerprint density at radius 3 is 2.63 bits per heavy atom. The minimum absolute atomic E-state index is 0.0487. The van der Waals surface area contributed by atoms with Crippen molar-refractivity contribution in [1.29, 1.82) is 0 Å². The van der Waals surface area contributed by atoms with Crippen molar-refractivity contribution in [1.82, 2.24) is 15.2 Å². The lowest BCUT2D eigenvalue weighted by Crippen LogP contribution is -2.36. The molecule has 2 amide bonds. The molecule has 6 N–H and O–H groups in total. The molecule has 43 heavy (non-hydrogen) atoms. The molecule has 5 rings (SSSR count). The van der Waals surface area contributed by atoms with Crippen LogP contribution < -0.4 is 36.5 Å². The van der Waals surface area contributed by atoms with Crippen LogP contribution >= 0.6 is 0 Å². The van der Waals surface area contributed by atoms with Crippen molar-refractivity contribution >= 4 is 23.6 Å². The number of carbonyl (C=O) groups excluding carboxylic acids is 2. The van der Waals surface area contributed by atoms with Gasteiger partial charge in [0.1, 0.15) is 24.3 Å². The van der Waals surface area contributed by atoms with Gasteiger partial charge >= 0.3 is 6.09 Å². The maximum absolute atomic E-state index is 12.5. The van der Waals surface area contributed by atoms with Crippen LogP contribution in [0.3, 0.4) is 0 Å². The summed E-state index contributed by atoms with van der Waals surface area (Å²) in [4.78, 5) is 32.2. The molecule has 1 saturated heterocycles. The molecule has 0 bridgehead atoms. The van der Waals surface area contributed by atoms with Gasteiger partial charge < -0.3 is 36.3 Å². The molecule has 1 fully saturated rings. The number of nitrogens with one attached hydrogen (secondary N) is 2. The fraction of sp³-hybridized carbons (Fsp3) is 0.387. The fourth-order valence-electron chi connectivity index (χ4n) is 5.08. The van der Waals surface area contributed by atoms with Gasteiger partial charge in [0.2, 0.25) is 0 Å². The number of fused-ring (bicyclic) bond motifs is 1. The monoisotopic (exact) mass is 589 g/mol. The summed E-state index contributed by atoms with van der Waals surface area (Å²) < 4.78 is 16.9. The van der Waals surface area contributed by atoms with Gasteiger partial charge in [-0.3, -0.25) is 14.6 Å².